The summed E-state index contributed by atoms with van der Waals surface area (Å²) in [6, 6.07) is 4.29. The van der Waals surface area contributed by atoms with Gasteiger partial charge in [0, 0.05) is 72.4 Å². The van der Waals surface area contributed by atoms with E-state index >= 15 is 0 Å². The summed E-state index contributed by atoms with van der Waals surface area (Å²) in [4.78, 5) is 49.4. The zero-order valence-electron chi connectivity index (χ0n) is 30.6. The Morgan fingerprint density at radius 2 is 1.50 bits per heavy atom. The largest absolute Gasteiger partial charge is 0.506 e. The molecule has 2 heterocycles. The van der Waals surface area contributed by atoms with Crippen molar-refractivity contribution in [1.82, 2.24) is 4.90 Å². The van der Waals surface area contributed by atoms with Gasteiger partial charge in [-0.3, -0.25) is 14.4 Å². The number of aliphatic hydroxyl groups is 1. The fourth-order valence-electron chi connectivity index (χ4n) is 7.59. The Bertz CT molecular complexity index is 1700. The number of aliphatic hydroxyl groups excluding tert-OH is 1. The number of carbonyl (C=O) groups excluding carboxylic acids is 3. The molecule has 258 valence electrons. The highest BCUT2D eigenvalue weighted by molar-refractivity contribution is 6.42. The molecule has 2 N–H and O–H groups in total. The number of hydrogen-bond acceptors (Lipinski definition) is 6. The maximum absolute atomic E-state index is 14.3. The van der Waals surface area contributed by atoms with Crippen LogP contribution in [-0.4, -0.2) is 59.5 Å². The second-order valence-corrected chi connectivity index (χ2v) is 15.2. The van der Waals surface area contributed by atoms with Crippen molar-refractivity contribution >= 4 is 40.3 Å². The SMILES string of the molecule is CCCCCC(=O)N=C1C=C2C(=CC1=C1C(=O)C(c3cc4c(cc3NC(=O)CCCCC)N(C)C(C)C4(C)C)=C1O)C(C)(C)C(C)N2C. The number of fused-ring (bicyclic) bond motifs is 2. The summed E-state index contributed by atoms with van der Waals surface area (Å²) < 4.78 is 0. The number of allylic oxidation sites excluding steroid dienone is 6. The van der Waals surface area contributed by atoms with E-state index in [4.69, 9.17) is 0 Å². The van der Waals surface area contributed by atoms with Gasteiger partial charge in [0.1, 0.15) is 5.76 Å². The van der Waals surface area contributed by atoms with Crippen LogP contribution in [0.2, 0.25) is 0 Å². The van der Waals surface area contributed by atoms with Gasteiger partial charge in [0.15, 0.2) is 0 Å². The number of carbonyl (C=O) groups is 3. The average molecular weight is 655 g/mol. The van der Waals surface area contributed by atoms with Crippen LogP contribution in [-0.2, 0) is 19.8 Å². The minimum Gasteiger partial charge on any atom is -0.506 e. The van der Waals surface area contributed by atoms with Crippen LogP contribution in [0.15, 0.2) is 57.5 Å². The number of likely N-dealkylation sites (tertiary alicyclic amines) is 1. The molecule has 2 unspecified atom stereocenters. The summed E-state index contributed by atoms with van der Waals surface area (Å²) in [7, 11) is 4.08. The van der Waals surface area contributed by atoms with Crippen molar-refractivity contribution in [1.29, 1.82) is 0 Å². The first kappa shape index (κ1) is 35.4. The topological polar surface area (TPSA) is 102 Å². The number of nitrogens with zero attached hydrogens (tertiary/aromatic N) is 3. The molecule has 8 heteroatoms. The standard InChI is InChI=1S/C40H54N4O4/c1-11-13-15-17-33(45)41-29-21-31-27(39(5,6)23(3)43(31)9)19-25(29)35-37(47)36(38(35)48)26-20-28-32(44(10)24(4)40(28,7)8)22-30(26)42-34(46)18-16-14-12-2/h19-24,47H,11-18H2,1-10H3,(H,41,45). The number of amides is 2. The fourth-order valence-corrected chi connectivity index (χ4v) is 7.59. The number of benzene rings is 1. The predicted octanol–water partition coefficient (Wildman–Crippen LogP) is 8.20. The second kappa shape index (κ2) is 13.2. The van der Waals surface area contributed by atoms with Gasteiger partial charge in [0.2, 0.25) is 17.6 Å². The van der Waals surface area contributed by atoms with Crippen LogP contribution < -0.4 is 10.2 Å². The smallest absolute Gasteiger partial charge is 0.246 e. The molecule has 2 atom stereocenters. The van der Waals surface area contributed by atoms with Crippen LogP contribution >= 0.6 is 0 Å². The van der Waals surface area contributed by atoms with Crippen LogP contribution in [0.3, 0.4) is 0 Å². The molecule has 1 saturated heterocycles. The van der Waals surface area contributed by atoms with Crippen LogP contribution in [0.1, 0.15) is 118 Å². The van der Waals surface area contributed by atoms with E-state index in [2.05, 4.69) is 75.5 Å². The molecular weight excluding hydrogens is 600 g/mol. The summed E-state index contributed by atoms with van der Waals surface area (Å²) in [6.45, 7) is 17.2. The number of unbranched alkanes of at least 4 members (excludes halogenated alkanes) is 4. The van der Waals surface area contributed by atoms with E-state index in [-0.39, 0.29) is 57.4 Å². The first-order valence-electron chi connectivity index (χ1n) is 17.8. The summed E-state index contributed by atoms with van der Waals surface area (Å²) in [6.07, 6.45) is 10.0. The van der Waals surface area contributed by atoms with Gasteiger partial charge in [-0.05, 0) is 62.1 Å². The molecular formula is C40H54N4O4. The molecule has 1 aromatic carbocycles. The number of rotatable bonds is 10. The van der Waals surface area contributed by atoms with Gasteiger partial charge in [-0.2, -0.15) is 0 Å². The first-order chi connectivity index (χ1) is 22.6. The van der Waals surface area contributed by atoms with Gasteiger partial charge in [0.25, 0.3) is 0 Å². The number of nitrogens with one attached hydrogen (secondary N) is 1. The fraction of sp³-hybridized carbons (Fsp3) is 0.550. The lowest BCUT2D eigenvalue weighted by Crippen LogP contribution is -2.36. The zero-order chi connectivity index (χ0) is 35.3. The van der Waals surface area contributed by atoms with Gasteiger partial charge >= 0.3 is 0 Å². The zero-order valence-corrected chi connectivity index (χ0v) is 30.6. The maximum Gasteiger partial charge on any atom is 0.246 e. The van der Waals surface area contributed by atoms with Crippen molar-refractivity contribution in [2.75, 3.05) is 24.3 Å². The minimum atomic E-state index is -0.321. The van der Waals surface area contributed by atoms with Crippen molar-refractivity contribution < 1.29 is 19.5 Å². The van der Waals surface area contributed by atoms with Crippen molar-refractivity contribution in [2.45, 2.75) is 124 Å². The summed E-state index contributed by atoms with van der Waals surface area (Å²) in [5, 5.41) is 14.9. The van der Waals surface area contributed by atoms with E-state index in [0.717, 1.165) is 61.0 Å². The molecule has 4 aliphatic rings. The van der Waals surface area contributed by atoms with Crippen LogP contribution in [0.5, 0.6) is 0 Å². The van der Waals surface area contributed by atoms with Crippen LogP contribution in [0, 0.1) is 5.41 Å². The minimum absolute atomic E-state index is 0.115. The third kappa shape index (κ3) is 5.85. The first-order valence-corrected chi connectivity index (χ1v) is 17.8. The van der Waals surface area contributed by atoms with E-state index in [0.29, 0.717) is 35.4 Å². The van der Waals surface area contributed by atoms with E-state index in [1.165, 1.54) is 0 Å². The van der Waals surface area contributed by atoms with Gasteiger partial charge in [-0.15, -0.1) is 0 Å². The van der Waals surface area contributed by atoms with Crippen molar-refractivity contribution in [3.63, 3.8) is 0 Å². The highest BCUT2D eigenvalue weighted by Crippen LogP contribution is 2.52. The number of aliphatic imine (C=N–C) groups is 1. The monoisotopic (exact) mass is 654 g/mol. The third-order valence-electron chi connectivity index (χ3n) is 11.6. The Kier molecular flexibility index (Phi) is 9.70. The number of anilines is 2. The molecule has 8 nitrogen and oxygen atoms in total. The molecule has 0 bridgehead atoms. The molecule has 0 spiro atoms. The van der Waals surface area contributed by atoms with Crippen LogP contribution in [0.25, 0.3) is 5.57 Å². The number of Topliss-reactive ketones (excluding diaryl/α,β-unsaturated/α-hetero) is 1. The third-order valence-corrected chi connectivity index (χ3v) is 11.6. The molecule has 1 fully saturated rings. The number of ketones is 1. The molecule has 1 aromatic rings. The van der Waals surface area contributed by atoms with Crippen molar-refractivity contribution in [3.8, 4) is 0 Å². The molecule has 2 aliphatic carbocycles. The van der Waals surface area contributed by atoms with E-state index in [9.17, 15) is 19.5 Å². The summed E-state index contributed by atoms with van der Waals surface area (Å²) >= 11 is 0. The summed E-state index contributed by atoms with van der Waals surface area (Å²) in [5.74, 6) is -0.805. The van der Waals surface area contributed by atoms with Crippen molar-refractivity contribution in [3.05, 3.63) is 63.6 Å². The second-order valence-electron chi connectivity index (χ2n) is 15.2. The Balaban J connectivity index is 1.66. The molecule has 2 amide bonds. The number of likely N-dealkylation sites (N-methyl/N-ethyl adjacent to an activating group) is 2. The Hall–Kier alpha value is -3.94. The number of hydrogen-bond donors (Lipinski definition) is 2. The molecule has 0 aromatic heterocycles. The lowest BCUT2D eigenvalue weighted by Gasteiger charge is -2.30. The lowest BCUT2D eigenvalue weighted by atomic mass is 9.73. The van der Waals surface area contributed by atoms with Gasteiger partial charge in [-0.1, -0.05) is 67.2 Å². The van der Waals surface area contributed by atoms with Crippen LogP contribution in [0.4, 0.5) is 11.4 Å². The molecule has 0 saturated carbocycles. The van der Waals surface area contributed by atoms with Gasteiger partial charge in [-0.25, -0.2) is 4.99 Å². The summed E-state index contributed by atoms with van der Waals surface area (Å²) in [5.41, 5.74) is 5.86. The van der Waals surface area contributed by atoms with Gasteiger partial charge < -0.3 is 20.2 Å². The average Bonchev–Trinajstić information content (AvgIpc) is 3.30. The van der Waals surface area contributed by atoms with Gasteiger partial charge in [0.05, 0.1) is 22.5 Å². The quantitative estimate of drug-likeness (QED) is 0.195. The highest BCUT2D eigenvalue weighted by atomic mass is 16.3. The maximum atomic E-state index is 14.3. The van der Waals surface area contributed by atoms with E-state index in [1.807, 2.05) is 38.4 Å². The molecule has 48 heavy (non-hydrogen) atoms. The molecule has 2 aliphatic heterocycles. The molecule has 0 radical (unpaired) electrons. The van der Waals surface area contributed by atoms with Crippen molar-refractivity contribution in [2.24, 2.45) is 10.4 Å². The molecule has 5 rings (SSSR count). The lowest BCUT2D eigenvalue weighted by molar-refractivity contribution is -0.118. The predicted molar refractivity (Wildman–Crippen MR) is 195 cm³/mol. The Morgan fingerprint density at radius 1 is 0.875 bits per heavy atom. The van der Waals surface area contributed by atoms with E-state index < -0.39 is 0 Å². The Morgan fingerprint density at radius 3 is 2.12 bits per heavy atom. The highest BCUT2D eigenvalue weighted by Gasteiger charge is 2.47. The normalized spacial score (nSPS) is 24.8. The Labute approximate surface area is 286 Å². The van der Waals surface area contributed by atoms with E-state index in [1.54, 1.807) is 0 Å².